The zero-order valence-corrected chi connectivity index (χ0v) is 9.08. The first-order valence-electron chi connectivity index (χ1n) is 4.51. The third-order valence-electron chi connectivity index (χ3n) is 1.85. The van der Waals surface area contributed by atoms with Crippen LogP contribution >= 0.6 is 11.6 Å². The fraction of sp³-hybridized carbons (Fsp3) is 0.556. The van der Waals surface area contributed by atoms with Crippen molar-refractivity contribution >= 4 is 17.4 Å². The standard InChI is InChI=1S/C9H14ClN3O/c1-7(10)3-4-11-8-9(14)13(2)6-5-12-8/h5-7H,3-4H2,1-2H3,(H,11,12). The first-order valence-corrected chi connectivity index (χ1v) is 4.94. The summed E-state index contributed by atoms with van der Waals surface area (Å²) >= 11 is 5.77. The van der Waals surface area contributed by atoms with E-state index in [-0.39, 0.29) is 10.9 Å². The van der Waals surface area contributed by atoms with Crippen molar-refractivity contribution in [3.63, 3.8) is 0 Å². The van der Waals surface area contributed by atoms with Crippen LogP contribution in [0.5, 0.6) is 0 Å². The molecule has 0 bridgehead atoms. The Morgan fingerprint density at radius 2 is 2.43 bits per heavy atom. The Morgan fingerprint density at radius 1 is 1.71 bits per heavy atom. The molecule has 1 aromatic rings. The van der Waals surface area contributed by atoms with E-state index in [9.17, 15) is 4.79 Å². The van der Waals surface area contributed by atoms with Crippen LogP contribution in [0, 0.1) is 0 Å². The van der Waals surface area contributed by atoms with E-state index < -0.39 is 0 Å². The van der Waals surface area contributed by atoms with Crippen LogP contribution in [0.2, 0.25) is 0 Å². The van der Waals surface area contributed by atoms with Crippen molar-refractivity contribution < 1.29 is 0 Å². The summed E-state index contributed by atoms with van der Waals surface area (Å²) in [6.07, 6.45) is 4.02. The van der Waals surface area contributed by atoms with Crippen LogP contribution in [0.15, 0.2) is 17.2 Å². The molecule has 0 fully saturated rings. The monoisotopic (exact) mass is 215 g/mol. The molecule has 1 unspecified atom stereocenters. The molecule has 4 nitrogen and oxygen atoms in total. The summed E-state index contributed by atoms with van der Waals surface area (Å²) in [5.74, 6) is 0.382. The van der Waals surface area contributed by atoms with Gasteiger partial charge >= 0.3 is 0 Å². The molecule has 0 spiro atoms. The Balaban J connectivity index is 2.59. The number of hydrogen-bond acceptors (Lipinski definition) is 3. The van der Waals surface area contributed by atoms with Gasteiger partial charge in [-0.3, -0.25) is 4.79 Å². The molecule has 1 aromatic heterocycles. The van der Waals surface area contributed by atoms with Crippen molar-refractivity contribution in [2.75, 3.05) is 11.9 Å². The summed E-state index contributed by atoms with van der Waals surface area (Å²) in [5.41, 5.74) is -0.116. The Kier molecular flexibility index (Phi) is 3.95. The van der Waals surface area contributed by atoms with Gasteiger partial charge in [0.05, 0.1) is 0 Å². The van der Waals surface area contributed by atoms with Gasteiger partial charge < -0.3 is 9.88 Å². The summed E-state index contributed by atoms with van der Waals surface area (Å²) in [5, 5.41) is 3.06. The average molecular weight is 216 g/mol. The van der Waals surface area contributed by atoms with E-state index in [2.05, 4.69) is 10.3 Å². The van der Waals surface area contributed by atoms with Gasteiger partial charge in [0, 0.05) is 31.4 Å². The second-order valence-corrected chi connectivity index (χ2v) is 3.93. The molecule has 0 saturated heterocycles. The molecule has 0 aromatic carbocycles. The summed E-state index contributed by atoms with van der Waals surface area (Å²) in [4.78, 5) is 15.4. The summed E-state index contributed by atoms with van der Waals surface area (Å²) in [6, 6.07) is 0. The fourth-order valence-electron chi connectivity index (χ4n) is 1.01. The van der Waals surface area contributed by atoms with E-state index in [4.69, 9.17) is 11.6 Å². The molecule has 0 aliphatic rings. The maximum Gasteiger partial charge on any atom is 0.293 e. The smallest absolute Gasteiger partial charge is 0.293 e. The molecular formula is C9H14ClN3O. The number of hydrogen-bond donors (Lipinski definition) is 1. The molecular weight excluding hydrogens is 202 g/mol. The Morgan fingerprint density at radius 3 is 3.07 bits per heavy atom. The van der Waals surface area contributed by atoms with Gasteiger partial charge in [-0.25, -0.2) is 4.98 Å². The van der Waals surface area contributed by atoms with Gasteiger partial charge in [-0.15, -0.1) is 11.6 Å². The second kappa shape index (κ2) is 5.00. The van der Waals surface area contributed by atoms with Crippen LogP contribution < -0.4 is 10.9 Å². The SMILES string of the molecule is CC(Cl)CCNc1nccn(C)c1=O. The molecule has 0 aliphatic carbocycles. The maximum atomic E-state index is 11.4. The van der Waals surface area contributed by atoms with Crippen molar-refractivity contribution in [2.45, 2.75) is 18.7 Å². The van der Waals surface area contributed by atoms with Crippen molar-refractivity contribution in [1.29, 1.82) is 0 Å². The van der Waals surface area contributed by atoms with Crippen LogP contribution in [0.4, 0.5) is 5.82 Å². The lowest BCUT2D eigenvalue weighted by atomic mass is 10.3. The van der Waals surface area contributed by atoms with E-state index in [1.807, 2.05) is 6.92 Å². The van der Waals surface area contributed by atoms with Crippen LogP contribution in [0.1, 0.15) is 13.3 Å². The first-order chi connectivity index (χ1) is 6.61. The Bertz CT molecular complexity index is 348. The summed E-state index contributed by atoms with van der Waals surface area (Å²) in [6.45, 7) is 2.58. The number of rotatable bonds is 4. The molecule has 1 rings (SSSR count). The third kappa shape index (κ3) is 3.03. The van der Waals surface area contributed by atoms with Crippen LogP contribution in [0.25, 0.3) is 0 Å². The van der Waals surface area contributed by atoms with Crippen LogP contribution in [0.3, 0.4) is 0 Å². The quantitative estimate of drug-likeness (QED) is 0.769. The van der Waals surface area contributed by atoms with Crippen LogP contribution in [-0.4, -0.2) is 21.5 Å². The molecule has 0 amide bonds. The predicted molar refractivity (Wildman–Crippen MR) is 57.9 cm³/mol. The minimum absolute atomic E-state index is 0.107. The Labute approximate surface area is 87.9 Å². The van der Waals surface area contributed by atoms with Gasteiger partial charge in [-0.1, -0.05) is 0 Å². The van der Waals surface area contributed by atoms with E-state index in [1.54, 1.807) is 19.4 Å². The van der Waals surface area contributed by atoms with Gasteiger partial charge in [-0.2, -0.15) is 0 Å². The lowest BCUT2D eigenvalue weighted by molar-refractivity contribution is 0.813. The van der Waals surface area contributed by atoms with E-state index in [0.717, 1.165) is 6.42 Å². The van der Waals surface area contributed by atoms with Crippen molar-refractivity contribution in [3.8, 4) is 0 Å². The number of nitrogens with one attached hydrogen (secondary N) is 1. The second-order valence-electron chi connectivity index (χ2n) is 3.19. The zero-order valence-electron chi connectivity index (χ0n) is 8.33. The van der Waals surface area contributed by atoms with E-state index in [1.165, 1.54) is 4.57 Å². The van der Waals surface area contributed by atoms with Gasteiger partial charge in [-0.05, 0) is 13.3 Å². The highest BCUT2D eigenvalue weighted by Gasteiger charge is 2.01. The highest BCUT2D eigenvalue weighted by atomic mass is 35.5. The number of aryl methyl sites for hydroxylation is 1. The largest absolute Gasteiger partial charge is 0.365 e. The van der Waals surface area contributed by atoms with E-state index in [0.29, 0.717) is 12.4 Å². The van der Waals surface area contributed by atoms with Crippen molar-refractivity contribution in [3.05, 3.63) is 22.7 Å². The number of aromatic nitrogens is 2. The maximum absolute atomic E-state index is 11.4. The van der Waals surface area contributed by atoms with Gasteiger partial charge in [0.15, 0.2) is 5.82 Å². The predicted octanol–water partition coefficient (Wildman–Crippen LogP) is 1.21. The molecule has 1 N–H and O–H groups in total. The summed E-state index contributed by atoms with van der Waals surface area (Å²) < 4.78 is 1.49. The highest BCUT2D eigenvalue weighted by molar-refractivity contribution is 6.20. The normalized spacial score (nSPS) is 12.5. The molecule has 78 valence electrons. The molecule has 0 saturated carbocycles. The van der Waals surface area contributed by atoms with Crippen molar-refractivity contribution in [1.82, 2.24) is 9.55 Å². The number of halogens is 1. The molecule has 1 atom stereocenters. The molecule has 5 heteroatoms. The van der Waals surface area contributed by atoms with Gasteiger partial charge in [0.25, 0.3) is 5.56 Å². The van der Waals surface area contributed by atoms with Crippen LogP contribution in [-0.2, 0) is 7.05 Å². The summed E-state index contributed by atoms with van der Waals surface area (Å²) in [7, 11) is 1.69. The Hall–Kier alpha value is -1.03. The third-order valence-corrected chi connectivity index (χ3v) is 2.07. The topological polar surface area (TPSA) is 46.9 Å². The first kappa shape index (κ1) is 11.0. The highest BCUT2D eigenvalue weighted by Crippen LogP contribution is 2.00. The lowest BCUT2D eigenvalue weighted by Gasteiger charge is -2.06. The minimum atomic E-state index is -0.116. The lowest BCUT2D eigenvalue weighted by Crippen LogP contribution is -2.22. The average Bonchev–Trinajstić information content (AvgIpc) is 2.12. The number of alkyl halides is 1. The van der Waals surface area contributed by atoms with Gasteiger partial charge in [0.1, 0.15) is 0 Å². The number of nitrogens with zero attached hydrogens (tertiary/aromatic N) is 2. The number of anilines is 1. The fourth-order valence-corrected chi connectivity index (χ4v) is 1.12. The molecule has 1 heterocycles. The molecule has 0 aliphatic heterocycles. The van der Waals surface area contributed by atoms with Gasteiger partial charge in [0.2, 0.25) is 0 Å². The van der Waals surface area contributed by atoms with E-state index >= 15 is 0 Å². The zero-order chi connectivity index (χ0) is 10.6. The van der Waals surface area contributed by atoms with Crippen molar-refractivity contribution in [2.24, 2.45) is 7.05 Å². The molecule has 14 heavy (non-hydrogen) atoms. The minimum Gasteiger partial charge on any atom is -0.365 e. The molecule has 0 radical (unpaired) electrons.